The summed E-state index contributed by atoms with van der Waals surface area (Å²) < 4.78 is 5.31. The quantitative estimate of drug-likeness (QED) is 0.793. The molecule has 1 aliphatic rings. The Morgan fingerprint density at radius 1 is 1.32 bits per heavy atom. The second-order valence-corrected chi connectivity index (χ2v) is 6.07. The molecular formula is C13H24N2O4. The van der Waals surface area contributed by atoms with Crippen molar-refractivity contribution in [2.45, 2.75) is 51.7 Å². The number of nitrogens with zero attached hydrogens (tertiary/aromatic N) is 1. The lowest BCUT2D eigenvalue weighted by Crippen LogP contribution is -2.37. The van der Waals surface area contributed by atoms with Crippen molar-refractivity contribution < 1.29 is 19.4 Å². The van der Waals surface area contributed by atoms with E-state index in [9.17, 15) is 9.59 Å². The summed E-state index contributed by atoms with van der Waals surface area (Å²) in [5, 5.41) is 8.84. The minimum absolute atomic E-state index is 0.0589. The number of likely N-dealkylation sites (tertiary alicyclic amines) is 1. The fraction of sp³-hybridized carbons (Fsp3) is 0.846. The predicted octanol–water partition coefficient (Wildman–Crippen LogP) is 1.44. The van der Waals surface area contributed by atoms with E-state index in [0.717, 1.165) is 0 Å². The molecule has 0 saturated carbocycles. The molecule has 0 aromatic carbocycles. The van der Waals surface area contributed by atoms with Gasteiger partial charge in [0.15, 0.2) is 0 Å². The Morgan fingerprint density at radius 3 is 2.42 bits per heavy atom. The van der Waals surface area contributed by atoms with Crippen LogP contribution in [-0.2, 0) is 9.53 Å². The first-order valence-electron chi connectivity index (χ1n) is 6.64. The van der Waals surface area contributed by atoms with Crippen molar-refractivity contribution >= 4 is 12.1 Å². The zero-order chi connectivity index (χ0) is 14.6. The normalized spacial score (nSPS) is 24.7. The summed E-state index contributed by atoms with van der Waals surface area (Å²) in [5.74, 6) is -0.920. The molecule has 1 rings (SSSR count). The van der Waals surface area contributed by atoms with Crippen molar-refractivity contribution in [1.82, 2.24) is 4.90 Å². The maximum Gasteiger partial charge on any atom is 0.410 e. The van der Waals surface area contributed by atoms with Gasteiger partial charge in [-0.1, -0.05) is 0 Å². The number of carboxylic acids is 1. The van der Waals surface area contributed by atoms with E-state index in [1.165, 1.54) is 0 Å². The molecular weight excluding hydrogens is 248 g/mol. The molecule has 0 bridgehead atoms. The van der Waals surface area contributed by atoms with Gasteiger partial charge in [0, 0.05) is 25.6 Å². The van der Waals surface area contributed by atoms with E-state index in [2.05, 4.69) is 0 Å². The molecule has 0 spiro atoms. The molecule has 0 aliphatic carbocycles. The van der Waals surface area contributed by atoms with Crippen molar-refractivity contribution in [2.24, 2.45) is 11.7 Å². The van der Waals surface area contributed by atoms with Crippen LogP contribution in [0.25, 0.3) is 0 Å². The van der Waals surface area contributed by atoms with Crippen molar-refractivity contribution in [3.8, 4) is 0 Å². The van der Waals surface area contributed by atoms with Gasteiger partial charge >= 0.3 is 12.1 Å². The molecule has 0 aromatic rings. The lowest BCUT2D eigenvalue weighted by atomic mass is 9.92. The van der Waals surface area contributed by atoms with Gasteiger partial charge in [-0.15, -0.1) is 0 Å². The van der Waals surface area contributed by atoms with Gasteiger partial charge in [-0.3, -0.25) is 4.79 Å². The van der Waals surface area contributed by atoms with Gasteiger partial charge in [-0.25, -0.2) is 4.79 Å². The Labute approximate surface area is 113 Å². The first-order chi connectivity index (χ1) is 8.69. The third-order valence-corrected chi connectivity index (χ3v) is 3.20. The summed E-state index contributed by atoms with van der Waals surface area (Å²) >= 11 is 0. The highest BCUT2D eigenvalue weighted by Crippen LogP contribution is 2.21. The third kappa shape index (κ3) is 5.46. The highest BCUT2D eigenvalue weighted by atomic mass is 16.6. The second-order valence-electron chi connectivity index (χ2n) is 6.07. The molecule has 1 amide bonds. The molecule has 1 saturated heterocycles. The smallest absolute Gasteiger partial charge is 0.410 e. The van der Waals surface area contributed by atoms with Crippen molar-refractivity contribution in [3.05, 3.63) is 0 Å². The van der Waals surface area contributed by atoms with Gasteiger partial charge in [0.1, 0.15) is 5.60 Å². The lowest BCUT2D eigenvalue weighted by molar-refractivity contribution is -0.138. The summed E-state index contributed by atoms with van der Waals surface area (Å²) in [6.07, 6.45) is 0.920. The van der Waals surface area contributed by atoms with Crippen LogP contribution in [0.15, 0.2) is 0 Å². The fourth-order valence-electron chi connectivity index (χ4n) is 2.17. The number of hydrogen-bond acceptors (Lipinski definition) is 4. The van der Waals surface area contributed by atoms with Gasteiger partial charge < -0.3 is 20.5 Å². The minimum Gasteiger partial charge on any atom is -0.481 e. The lowest BCUT2D eigenvalue weighted by Gasteiger charge is -2.26. The van der Waals surface area contributed by atoms with Gasteiger partial charge in [-0.05, 0) is 39.5 Å². The van der Waals surface area contributed by atoms with Crippen LogP contribution in [0, 0.1) is 5.92 Å². The van der Waals surface area contributed by atoms with Gasteiger partial charge in [0.05, 0.1) is 0 Å². The standard InChI is InChI=1S/C13H24N2O4/c1-13(2,3)19-12(18)15-6-4-9(8-11(16)17)10(14)5-7-15/h9-10H,4-8,14H2,1-3H3,(H,16,17). The maximum atomic E-state index is 11.9. The summed E-state index contributed by atoms with van der Waals surface area (Å²) in [5.41, 5.74) is 5.45. The molecule has 110 valence electrons. The largest absolute Gasteiger partial charge is 0.481 e. The fourth-order valence-corrected chi connectivity index (χ4v) is 2.17. The van der Waals surface area contributed by atoms with E-state index in [4.69, 9.17) is 15.6 Å². The number of rotatable bonds is 2. The molecule has 1 heterocycles. The van der Waals surface area contributed by atoms with Crippen LogP contribution < -0.4 is 5.73 Å². The second kappa shape index (κ2) is 6.23. The van der Waals surface area contributed by atoms with E-state index in [-0.39, 0.29) is 24.5 Å². The Hall–Kier alpha value is -1.30. The number of carbonyl (C=O) groups is 2. The SMILES string of the molecule is CC(C)(C)OC(=O)N1CCC(N)C(CC(=O)O)CC1. The summed E-state index contributed by atoms with van der Waals surface area (Å²) in [6.45, 7) is 6.48. The number of nitrogens with two attached hydrogens (primary N) is 1. The van der Waals surface area contributed by atoms with Crippen molar-refractivity contribution in [1.29, 1.82) is 0 Å². The maximum absolute atomic E-state index is 11.9. The van der Waals surface area contributed by atoms with Crippen LogP contribution in [-0.4, -0.2) is 46.8 Å². The van der Waals surface area contributed by atoms with Crippen LogP contribution in [0.3, 0.4) is 0 Å². The Morgan fingerprint density at radius 2 is 1.89 bits per heavy atom. The number of aliphatic carboxylic acids is 1. The summed E-state index contributed by atoms with van der Waals surface area (Å²) in [7, 11) is 0. The highest BCUT2D eigenvalue weighted by Gasteiger charge is 2.29. The van der Waals surface area contributed by atoms with Gasteiger partial charge in [0.2, 0.25) is 0 Å². The summed E-state index contributed by atoms with van der Waals surface area (Å²) in [6, 6.07) is -0.177. The topological polar surface area (TPSA) is 92.9 Å². The van der Waals surface area contributed by atoms with Crippen LogP contribution in [0.2, 0.25) is 0 Å². The Bertz CT molecular complexity index is 338. The number of carboxylic acid groups (broad SMARTS) is 1. The van der Waals surface area contributed by atoms with E-state index in [1.807, 2.05) is 20.8 Å². The van der Waals surface area contributed by atoms with Crippen molar-refractivity contribution in [2.75, 3.05) is 13.1 Å². The van der Waals surface area contributed by atoms with Crippen molar-refractivity contribution in [3.63, 3.8) is 0 Å². The zero-order valence-electron chi connectivity index (χ0n) is 11.9. The number of hydrogen-bond donors (Lipinski definition) is 2. The number of carbonyl (C=O) groups excluding carboxylic acids is 1. The van der Waals surface area contributed by atoms with Crippen LogP contribution >= 0.6 is 0 Å². The minimum atomic E-state index is -0.842. The zero-order valence-corrected chi connectivity index (χ0v) is 11.9. The first-order valence-corrected chi connectivity index (χ1v) is 6.64. The Kier molecular flexibility index (Phi) is 5.17. The van der Waals surface area contributed by atoms with Crippen LogP contribution in [0.5, 0.6) is 0 Å². The molecule has 6 heteroatoms. The third-order valence-electron chi connectivity index (χ3n) is 3.20. The monoisotopic (exact) mass is 272 g/mol. The Balaban J connectivity index is 2.57. The molecule has 1 fully saturated rings. The molecule has 2 unspecified atom stereocenters. The van der Waals surface area contributed by atoms with Gasteiger partial charge in [0.25, 0.3) is 0 Å². The first kappa shape index (κ1) is 15.8. The van der Waals surface area contributed by atoms with Gasteiger partial charge in [-0.2, -0.15) is 0 Å². The van der Waals surface area contributed by atoms with E-state index in [1.54, 1.807) is 4.90 Å². The summed E-state index contributed by atoms with van der Waals surface area (Å²) in [4.78, 5) is 24.3. The van der Waals surface area contributed by atoms with E-state index in [0.29, 0.717) is 25.9 Å². The van der Waals surface area contributed by atoms with E-state index >= 15 is 0 Å². The molecule has 2 atom stereocenters. The highest BCUT2D eigenvalue weighted by molar-refractivity contribution is 5.68. The predicted molar refractivity (Wildman–Crippen MR) is 70.8 cm³/mol. The molecule has 1 aliphatic heterocycles. The number of ether oxygens (including phenoxy) is 1. The molecule has 19 heavy (non-hydrogen) atoms. The van der Waals surface area contributed by atoms with Crippen LogP contribution in [0.4, 0.5) is 4.79 Å². The average Bonchev–Trinajstić information content (AvgIpc) is 2.39. The van der Waals surface area contributed by atoms with E-state index < -0.39 is 11.6 Å². The van der Waals surface area contributed by atoms with Crippen LogP contribution in [0.1, 0.15) is 40.0 Å². The number of amides is 1. The molecule has 0 radical (unpaired) electrons. The molecule has 6 nitrogen and oxygen atoms in total. The average molecular weight is 272 g/mol. The molecule has 3 N–H and O–H groups in total. The molecule has 0 aromatic heterocycles.